The van der Waals surface area contributed by atoms with Gasteiger partial charge in [-0.1, -0.05) is 32.0 Å². The third-order valence-corrected chi connectivity index (χ3v) is 3.18. The van der Waals surface area contributed by atoms with Gasteiger partial charge in [0.1, 0.15) is 12.4 Å². The summed E-state index contributed by atoms with van der Waals surface area (Å²) in [7, 11) is 0. The standard InChI is InChI=1S/C17H22N2O/c1-3-14-6-9-17(10-7-14)20-13-16-8-5-15(12-19-16)11-18-4-2/h5-10,12,18H,3-4,11,13H2,1-2H3. The predicted molar refractivity (Wildman–Crippen MR) is 81.8 cm³/mol. The molecule has 106 valence electrons. The minimum absolute atomic E-state index is 0.507. The summed E-state index contributed by atoms with van der Waals surface area (Å²) in [5, 5.41) is 3.28. The second-order valence-electron chi connectivity index (χ2n) is 4.72. The van der Waals surface area contributed by atoms with Crippen LogP contribution in [0.15, 0.2) is 42.6 Å². The molecule has 0 saturated carbocycles. The van der Waals surface area contributed by atoms with E-state index in [0.717, 1.165) is 31.0 Å². The monoisotopic (exact) mass is 270 g/mol. The number of hydrogen-bond acceptors (Lipinski definition) is 3. The van der Waals surface area contributed by atoms with Crippen LogP contribution in [0.4, 0.5) is 0 Å². The third kappa shape index (κ3) is 4.35. The molecular formula is C17H22N2O. The van der Waals surface area contributed by atoms with Crippen molar-refractivity contribution in [2.45, 2.75) is 33.4 Å². The Balaban J connectivity index is 1.86. The summed E-state index contributed by atoms with van der Waals surface area (Å²) in [6, 6.07) is 12.3. The highest BCUT2D eigenvalue weighted by molar-refractivity contribution is 5.27. The highest BCUT2D eigenvalue weighted by Crippen LogP contribution is 2.14. The Morgan fingerprint density at radius 1 is 1.00 bits per heavy atom. The zero-order chi connectivity index (χ0) is 14.2. The molecule has 3 heteroatoms. The zero-order valence-corrected chi connectivity index (χ0v) is 12.2. The molecule has 0 bridgehead atoms. The summed E-state index contributed by atoms with van der Waals surface area (Å²) in [6.45, 7) is 6.59. The van der Waals surface area contributed by atoms with Crippen molar-refractivity contribution in [2.75, 3.05) is 6.54 Å². The van der Waals surface area contributed by atoms with Crippen molar-refractivity contribution in [1.82, 2.24) is 10.3 Å². The first-order chi connectivity index (χ1) is 9.81. The fourth-order valence-corrected chi connectivity index (χ4v) is 1.89. The highest BCUT2D eigenvalue weighted by atomic mass is 16.5. The van der Waals surface area contributed by atoms with Crippen LogP contribution in [0.1, 0.15) is 30.7 Å². The summed E-state index contributed by atoms with van der Waals surface area (Å²) in [6.07, 6.45) is 2.95. The van der Waals surface area contributed by atoms with Gasteiger partial charge in [-0.3, -0.25) is 4.98 Å². The Hall–Kier alpha value is -1.87. The molecule has 1 aromatic heterocycles. The second-order valence-corrected chi connectivity index (χ2v) is 4.72. The Bertz CT molecular complexity index is 506. The number of rotatable bonds is 7. The Morgan fingerprint density at radius 2 is 1.75 bits per heavy atom. The van der Waals surface area contributed by atoms with Crippen molar-refractivity contribution in [1.29, 1.82) is 0 Å². The first kappa shape index (κ1) is 14.5. The molecule has 20 heavy (non-hydrogen) atoms. The molecule has 0 saturated heterocycles. The van der Waals surface area contributed by atoms with Crippen LogP contribution in [-0.4, -0.2) is 11.5 Å². The van der Waals surface area contributed by atoms with E-state index in [2.05, 4.69) is 42.3 Å². The minimum atomic E-state index is 0.507. The van der Waals surface area contributed by atoms with Crippen LogP contribution in [0.5, 0.6) is 5.75 Å². The van der Waals surface area contributed by atoms with Gasteiger partial charge in [0.2, 0.25) is 0 Å². The van der Waals surface area contributed by atoms with Crippen molar-refractivity contribution < 1.29 is 4.74 Å². The minimum Gasteiger partial charge on any atom is -0.487 e. The van der Waals surface area contributed by atoms with Crippen LogP contribution in [0.25, 0.3) is 0 Å². The molecule has 3 nitrogen and oxygen atoms in total. The van der Waals surface area contributed by atoms with Crippen molar-refractivity contribution in [3.63, 3.8) is 0 Å². The number of aryl methyl sites for hydroxylation is 1. The fraction of sp³-hybridized carbons (Fsp3) is 0.353. The van der Waals surface area contributed by atoms with E-state index in [1.54, 1.807) is 0 Å². The lowest BCUT2D eigenvalue weighted by Crippen LogP contribution is -2.12. The van der Waals surface area contributed by atoms with E-state index in [1.807, 2.05) is 24.4 Å². The van der Waals surface area contributed by atoms with Gasteiger partial charge >= 0.3 is 0 Å². The number of pyridine rings is 1. The van der Waals surface area contributed by atoms with Crippen molar-refractivity contribution in [2.24, 2.45) is 0 Å². The summed E-state index contributed by atoms with van der Waals surface area (Å²) in [5.74, 6) is 0.890. The van der Waals surface area contributed by atoms with Crippen LogP contribution < -0.4 is 10.1 Å². The van der Waals surface area contributed by atoms with E-state index < -0.39 is 0 Å². The number of nitrogens with zero attached hydrogens (tertiary/aromatic N) is 1. The summed E-state index contributed by atoms with van der Waals surface area (Å²) in [4.78, 5) is 4.42. The number of nitrogens with one attached hydrogen (secondary N) is 1. The van der Waals surface area contributed by atoms with Gasteiger partial charge in [-0.05, 0) is 42.3 Å². The largest absolute Gasteiger partial charge is 0.487 e. The average Bonchev–Trinajstić information content (AvgIpc) is 2.52. The van der Waals surface area contributed by atoms with Gasteiger partial charge in [-0.2, -0.15) is 0 Å². The summed E-state index contributed by atoms with van der Waals surface area (Å²) in [5.41, 5.74) is 3.47. The first-order valence-electron chi connectivity index (χ1n) is 7.18. The Morgan fingerprint density at radius 3 is 2.35 bits per heavy atom. The van der Waals surface area contributed by atoms with Crippen LogP contribution in [0.3, 0.4) is 0 Å². The molecule has 1 heterocycles. The topological polar surface area (TPSA) is 34.1 Å². The summed E-state index contributed by atoms with van der Waals surface area (Å²) < 4.78 is 5.73. The van der Waals surface area contributed by atoms with E-state index in [-0.39, 0.29) is 0 Å². The van der Waals surface area contributed by atoms with Crippen molar-refractivity contribution >= 4 is 0 Å². The highest BCUT2D eigenvalue weighted by Gasteiger charge is 1.99. The normalized spacial score (nSPS) is 10.5. The molecule has 0 spiro atoms. The molecule has 1 N–H and O–H groups in total. The molecule has 0 aliphatic heterocycles. The van der Waals surface area contributed by atoms with Crippen LogP contribution in [0, 0.1) is 0 Å². The molecule has 2 aromatic rings. The van der Waals surface area contributed by atoms with E-state index in [0.29, 0.717) is 6.61 Å². The molecular weight excluding hydrogens is 248 g/mol. The Labute approximate surface area is 121 Å². The molecule has 0 fully saturated rings. The maximum Gasteiger partial charge on any atom is 0.130 e. The van der Waals surface area contributed by atoms with Gasteiger partial charge in [0, 0.05) is 12.7 Å². The molecule has 0 aliphatic carbocycles. The maximum atomic E-state index is 5.73. The number of hydrogen-bond donors (Lipinski definition) is 1. The van der Waals surface area contributed by atoms with Gasteiger partial charge in [-0.25, -0.2) is 0 Å². The average molecular weight is 270 g/mol. The van der Waals surface area contributed by atoms with E-state index >= 15 is 0 Å². The zero-order valence-electron chi connectivity index (χ0n) is 12.2. The maximum absolute atomic E-state index is 5.73. The molecule has 0 aliphatic rings. The first-order valence-corrected chi connectivity index (χ1v) is 7.18. The third-order valence-electron chi connectivity index (χ3n) is 3.18. The molecule has 0 atom stereocenters. The summed E-state index contributed by atoms with van der Waals surface area (Å²) >= 11 is 0. The fourth-order valence-electron chi connectivity index (χ4n) is 1.89. The van der Waals surface area contributed by atoms with E-state index in [4.69, 9.17) is 4.74 Å². The van der Waals surface area contributed by atoms with Crippen LogP contribution in [0.2, 0.25) is 0 Å². The van der Waals surface area contributed by atoms with Gasteiger partial charge in [0.25, 0.3) is 0 Å². The number of aromatic nitrogens is 1. The van der Waals surface area contributed by atoms with Crippen molar-refractivity contribution in [3.05, 3.63) is 59.4 Å². The Kier molecular flexibility index (Phi) is 5.56. The second kappa shape index (κ2) is 7.65. The lowest BCUT2D eigenvalue weighted by Gasteiger charge is -2.07. The smallest absolute Gasteiger partial charge is 0.130 e. The number of ether oxygens (including phenoxy) is 1. The number of benzene rings is 1. The van der Waals surface area contributed by atoms with Crippen molar-refractivity contribution in [3.8, 4) is 5.75 Å². The van der Waals surface area contributed by atoms with Crippen LogP contribution >= 0.6 is 0 Å². The molecule has 0 radical (unpaired) electrons. The van der Waals surface area contributed by atoms with Gasteiger partial charge in [-0.15, -0.1) is 0 Å². The molecule has 0 unspecified atom stereocenters. The molecule has 0 amide bonds. The van der Waals surface area contributed by atoms with Gasteiger partial charge in [0.15, 0.2) is 0 Å². The van der Waals surface area contributed by atoms with Crippen LogP contribution in [-0.2, 0) is 19.6 Å². The molecule has 1 aromatic carbocycles. The SMILES string of the molecule is CCNCc1ccc(COc2ccc(CC)cc2)nc1. The van der Waals surface area contributed by atoms with E-state index in [9.17, 15) is 0 Å². The van der Waals surface area contributed by atoms with Gasteiger partial charge in [0.05, 0.1) is 5.69 Å². The quantitative estimate of drug-likeness (QED) is 0.838. The molecule has 2 rings (SSSR count). The van der Waals surface area contributed by atoms with Gasteiger partial charge < -0.3 is 10.1 Å². The van der Waals surface area contributed by atoms with E-state index in [1.165, 1.54) is 11.1 Å². The lowest BCUT2D eigenvalue weighted by atomic mass is 10.2. The predicted octanol–water partition coefficient (Wildman–Crippen LogP) is 3.33. The lowest BCUT2D eigenvalue weighted by molar-refractivity contribution is 0.301.